The van der Waals surface area contributed by atoms with Crippen LogP contribution in [-0.2, 0) is 4.79 Å². The Kier molecular flexibility index (Phi) is 4.81. The Balaban J connectivity index is 1.95. The van der Waals surface area contributed by atoms with Gasteiger partial charge >= 0.3 is 0 Å². The molecule has 1 fully saturated rings. The molecule has 2 atom stereocenters. The van der Waals surface area contributed by atoms with E-state index in [0.717, 1.165) is 0 Å². The lowest BCUT2D eigenvalue weighted by atomic mass is 10.0. The van der Waals surface area contributed by atoms with Gasteiger partial charge in [-0.05, 0) is 43.0 Å². The number of thiophene rings is 1. The molecule has 20 heavy (non-hydrogen) atoms. The minimum absolute atomic E-state index is 0.0605. The number of nitrogens with one attached hydrogen (secondary N) is 2. The van der Waals surface area contributed by atoms with Gasteiger partial charge in [-0.15, -0.1) is 11.3 Å². The molecule has 0 bridgehead atoms. The van der Waals surface area contributed by atoms with Crippen molar-refractivity contribution in [1.29, 1.82) is 0 Å². The van der Waals surface area contributed by atoms with Crippen molar-refractivity contribution in [3.63, 3.8) is 0 Å². The highest BCUT2D eigenvalue weighted by Gasteiger charge is 2.32. The molecule has 0 radical (unpaired) electrons. The van der Waals surface area contributed by atoms with Gasteiger partial charge in [0.2, 0.25) is 5.91 Å². The minimum atomic E-state index is -0.481. The minimum Gasteiger partial charge on any atom is -0.352 e. The van der Waals surface area contributed by atoms with E-state index in [0.29, 0.717) is 10.8 Å². The van der Waals surface area contributed by atoms with Crippen LogP contribution in [0.15, 0.2) is 17.5 Å². The Morgan fingerprint density at radius 3 is 2.45 bits per heavy atom. The van der Waals surface area contributed by atoms with Crippen molar-refractivity contribution >= 4 is 23.2 Å². The Hall–Kier alpha value is -1.36. The molecule has 4 nitrogen and oxygen atoms in total. The summed E-state index contributed by atoms with van der Waals surface area (Å²) in [6, 6.07) is 3.31. The largest absolute Gasteiger partial charge is 0.352 e. The topological polar surface area (TPSA) is 58.2 Å². The average Bonchev–Trinajstić information content (AvgIpc) is 3.10. The second-order valence-corrected chi connectivity index (χ2v) is 6.75. The number of amides is 2. The standard InChI is InChI=1S/C15H22N2O2S/c1-9(2)13(15(19)16-10(3)11-6-7-11)17-14(18)12-5-4-8-20-12/h4-5,8-11,13H,6-7H2,1-3H3,(H,16,19)(H,17,18)/t10-,13-/m1/s1. The van der Waals surface area contributed by atoms with E-state index < -0.39 is 6.04 Å². The molecule has 1 aliphatic rings. The Morgan fingerprint density at radius 1 is 1.25 bits per heavy atom. The average molecular weight is 294 g/mol. The molecule has 1 aromatic rings. The van der Waals surface area contributed by atoms with Gasteiger partial charge in [0.05, 0.1) is 4.88 Å². The molecule has 0 aromatic carbocycles. The molecule has 0 spiro atoms. The van der Waals surface area contributed by atoms with E-state index in [2.05, 4.69) is 10.6 Å². The van der Waals surface area contributed by atoms with Crippen molar-refractivity contribution in [2.24, 2.45) is 11.8 Å². The highest BCUT2D eigenvalue weighted by molar-refractivity contribution is 7.12. The molecule has 0 aliphatic heterocycles. The summed E-state index contributed by atoms with van der Waals surface area (Å²) in [5.74, 6) is 0.419. The fraction of sp³-hybridized carbons (Fsp3) is 0.600. The molecule has 1 aliphatic carbocycles. The SMILES string of the molecule is CC(C)[C@@H](NC(=O)c1cccs1)C(=O)N[C@H](C)C1CC1. The molecule has 1 heterocycles. The lowest BCUT2D eigenvalue weighted by Crippen LogP contribution is -2.51. The highest BCUT2D eigenvalue weighted by atomic mass is 32.1. The molecule has 2 rings (SSSR count). The van der Waals surface area contributed by atoms with Gasteiger partial charge in [-0.3, -0.25) is 9.59 Å². The van der Waals surface area contributed by atoms with Crippen molar-refractivity contribution in [2.45, 2.75) is 45.7 Å². The van der Waals surface area contributed by atoms with E-state index >= 15 is 0 Å². The van der Waals surface area contributed by atoms with Crippen LogP contribution in [0.2, 0.25) is 0 Å². The number of hydrogen-bond acceptors (Lipinski definition) is 3. The third-order valence-electron chi connectivity index (χ3n) is 3.68. The van der Waals surface area contributed by atoms with Crippen molar-refractivity contribution in [3.8, 4) is 0 Å². The summed E-state index contributed by atoms with van der Waals surface area (Å²) in [6.45, 7) is 5.93. The summed E-state index contributed by atoms with van der Waals surface area (Å²) in [6.07, 6.45) is 2.38. The second kappa shape index (κ2) is 6.39. The highest BCUT2D eigenvalue weighted by Crippen LogP contribution is 2.32. The van der Waals surface area contributed by atoms with Crippen LogP contribution in [0, 0.1) is 11.8 Å². The molecule has 1 saturated carbocycles. The molecule has 5 heteroatoms. The van der Waals surface area contributed by atoms with E-state index in [4.69, 9.17) is 0 Å². The van der Waals surface area contributed by atoms with Crippen molar-refractivity contribution in [3.05, 3.63) is 22.4 Å². The molecular weight excluding hydrogens is 272 g/mol. The van der Waals surface area contributed by atoms with E-state index in [1.807, 2.05) is 32.2 Å². The van der Waals surface area contributed by atoms with E-state index in [9.17, 15) is 9.59 Å². The van der Waals surface area contributed by atoms with Gasteiger partial charge in [-0.25, -0.2) is 0 Å². The quantitative estimate of drug-likeness (QED) is 0.846. The lowest BCUT2D eigenvalue weighted by molar-refractivity contribution is -0.124. The smallest absolute Gasteiger partial charge is 0.262 e. The molecule has 2 N–H and O–H groups in total. The van der Waals surface area contributed by atoms with E-state index in [-0.39, 0.29) is 23.8 Å². The Morgan fingerprint density at radius 2 is 1.95 bits per heavy atom. The first-order chi connectivity index (χ1) is 9.49. The van der Waals surface area contributed by atoms with Crippen LogP contribution in [0.25, 0.3) is 0 Å². The number of carbonyl (C=O) groups is 2. The summed E-state index contributed by atoms with van der Waals surface area (Å²) in [5.41, 5.74) is 0. The second-order valence-electron chi connectivity index (χ2n) is 5.81. The monoisotopic (exact) mass is 294 g/mol. The fourth-order valence-electron chi connectivity index (χ4n) is 2.18. The van der Waals surface area contributed by atoms with Gasteiger partial charge in [0.25, 0.3) is 5.91 Å². The maximum Gasteiger partial charge on any atom is 0.262 e. The maximum atomic E-state index is 12.3. The van der Waals surface area contributed by atoms with Gasteiger partial charge in [-0.1, -0.05) is 19.9 Å². The Labute approximate surface area is 124 Å². The van der Waals surface area contributed by atoms with Crippen LogP contribution < -0.4 is 10.6 Å². The number of hydrogen-bond donors (Lipinski definition) is 2. The van der Waals surface area contributed by atoms with Gasteiger partial charge < -0.3 is 10.6 Å². The zero-order valence-electron chi connectivity index (χ0n) is 12.2. The van der Waals surface area contributed by atoms with Crippen LogP contribution in [-0.4, -0.2) is 23.9 Å². The van der Waals surface area contributed by atoms with Crippen LogP contribution in [0.1, 0.15) is 43.3 Å². The molecule has 0 unspecified atom stereocenters. The molecular formula is C15H22N2O2S. The first kappa shape index (κ1) is 15.0. The first-order valence-corrected chi connectivity index (χ1v) is 8.01. The molecule has 1 aromatic heterocycles. The summed E-state index contributed by atoms with van der Waals surface area (Å²) < 4.78 is 0. The van der Waals surface area contributed by atoms with Gasteiger partial charge in [0.1, 0.15) is 6.04 Å². The third kappa shape index (κ3) is 3.82. The van der Waals surface area contributed by atoms with Crippen molar-refractivity contribution < 1.29 is 9.59 Å². The molecule has 0 saturated heterocycles. The zero-order valence-corrected chi connectivity index (χ0v) is 13.0. The van der Waals surface area contributed by atoms with E-state index in [1.165, 1.54) is 24.2 Å². The number of carbonyl (C=O) groups excluding carboxylic acids is 2. The first-order valence-electron chi connectivity index (χ1n) is 7.13. The predicted octanol–water partition coefficient (Wildman–Crippen LogP) is 2.42. The zero-order chi connectivity index (χ0) is 14.7. The van der Waals surface area contributed by atoms with Gasteiger partial charge in [-0.2, -0.15) is 0 Å². The lowest BCUT2D eigenvalue weighted by Gasteiger charge is -2.23. The predicted molar refractivity (Wildman–Crippen MR) is 80.7 cm³/mol. The number of rotatable bonds is 6. The van der Waals surface area contributed by atoms with Crippen LogP contribution >= 0.6 is 11.3 Å². The summed E-state index contributed by atoms with van der Waals surface area (Å²) in [7, 11) is 0. The normalized spacial score (nSPS) is 17.6. The van der Waals surface area contributed by atoms with Crippen molar-refractivity contribution in [2.75, 3.05) is 0 Å². The summed E-state index contributed by atoms with van der Waals surface area (Å²) in [4.78, 5) is 25.0. The molecule has 110 valence electrons. The van der Waals surface area contributed by atoms with E-state index in [1.54, 1.807) is 6.07 Å². The maximum absolute atomic E-state index is 12.3. The summed E-state index contributed by atoms with van der Waals surface area (Å²) in [5, 5.41) is 7.72. The van der Waals surface area contributed by atoms with Gasteiger partial charge in [0.15, 0.2) is 0 Å². The van der Waals surface area contributed by atoms with Crippen molar-refractivity contribution in [1.82, 2.24) is 10.6 Å². The summed E-state index contributed by atoms with van der Waals surface area (Å²) >= 11 is 1.38. The van der Waals surface area contributed by atoms with Crippen LogP contribution in [0.4, 0.5) is 0 Å². The molecule has 2 amide bonds. The Bertz CT molecular complexity index is 466. The van der Waals surface area contributed by atoms with Crippen LogP contribution in [0.5, 0.6) is 0 Å². The van der Waals surface area contributed by atoms with Gasteiger partial charge in [0, 0.05) is 6.04 Å². The third-order valence-corrected chi connectivity index (χ3v) is 4.55. The fourth-order valence-corrected chi connectivity index (χ4v) is 2.81. The van der Waals surface area contributed by atoms with Crippen LogP contribution in [0.3, 0.4) is 0 Å².